The van der Waals surface area contributed by atoms with Crippen LogP contribution in [0.4, 0.5) is 5.69 Å². The number of hydrogen-bond acceptors (Lipinski definition) is 2. The number of hydrogen-bond donors (Lipinski definition) is 0. The van der Waals surface area contributed by atoms with Crippen molar-refractivity contribution in [1.82, 2.24) is 0 Å². The summed E-state index contributed by atoms with van der Waals surface area (Å²) in [7, 11) is 0. The summed E-state index contributed by atoms with van der Waals surface area (Å²) in [5.41, 5.74) is 3.39. The van der Waals surface area contributed by atoms with Gasteiger partial charge in [-0.05, 0) is 36.8 Å². The Morgan fingerprint density at radius 2 is 1.76 bits per heavy atom. The molecule has 0 aromatic heterocycles. The molecule has 1 atom stereocenters. The Balaban J connectivity index is 2.12. The van der Waals surface area contributed by atoms with Crippen molar-refractivity contribution >= 4 is 17.2 Å². The number of carbonyl (C=O) groups excluding carboxylic acids is 1. The van der Waals surface area contributed by atoms with Crippen LogP contribution in [0.2, 0.25) is 0 Å². The highest BCUT2D eigenvalue weighted by molar-refractivity contribution is 6.09. The number of fused-ring (bicyclic) bond motifs is 1. The lowest BCUT2D eigenvalue weighted by atomic mass is 9.96. The van der Waals surface area contributed by atoms with Gasteiger partial charge < -0.3 is 0 Å². The van der Waals surface area contributed by atoms with Gasteiger partial charge in [0.05, 0.1) is 11.8 Å². The molecule has 2 aromatic carbocycles. The molecule has 1 amide bonds. The Bertz CT molecular complexity index is 756. The molecule has 3 rings (SSSR count). The van der Waals surface area contributed by atoms with Crippen molar-refractivity contribution in [1.29, 1.82) is 5.26 Å². The van der Waals surface area contributed by atoms with Crippen LogP contribution in [0.3, 0.4) is 0 Å². The maximum atomic E-state index is 12.8. The van der Waals surface area contributed by atoms with Crippen LogP contribution in [0, 0.1) is 11.3 Å². The zero-order valence-electron chi connectivity index (χ0n) is 11.7. The predicted molar refractivity (Wildman–Crippen MR) is 82.7 cm³/mol. The highest BCUT2D eigenvalue weighted by Crippen LogP contribution is 2.34. The standard InChI is InChI=1S/C18H14N2O/c1-13-11-15(12-19)20(17-10-6-5-9-16(13)17)18(21)14-7-3-2-4-8-14/h2-11,15H,1H3. The molecule has 2 aromatic rings. The number of allylic oxidation sites excluding steroid dienone is 1. The first-order valence-corrected chi connectivity index (χ1v) is 6.78. The number of anilines is 1. The Hall–Kier alpha value is -2.86. The van der Waals surface area contributed by atoms with Crippen LogP contribution in [-0.2, 0) is 0 Å². The summed E-state index contributed by atoms with van der Waals surface area (Å²) in [5.74, 6) is -0.154. The van der Waals surface area contributed by atoms with Gasteiger partial charge in [0.15, 0.2) is 0 Å². The summed E-state index contributed by atoms with van der Waals surface area (Å²) < 4.78 is 0. The van der Waals surface area contributed by atoms with Crippen molar-refractivity contribution in [3.63, 3.8) is 0 Å². The maximum Gasteiger partial charge on any atom is 0.259 e. The zero-order chi connectivity index (χ0) is 14.8. The molecule has 0 N–H and O–H groups in total. The van der Waals surface area contributed by atoms with Crippen LogP contribution >= 0.6 is 0 Å². The van der Waals surface area contributed by atoms with E-state index in [1.165, 1.54) is 0 Å². The Labute approximate surface area is 123 Å². The van der Waals surface area contributed by atoms with Crippen LogP contribution < -0.4 is 4.90 Å². The monoisotopic (exact) mass is 274 g/mol. The average molecular weight is 274 g/mol. The fourth-order valence-corrected chi connectivity index (χ4v) is 2.62. The Kier molecular flexibility index (Phi) is 3.29. The van der Waals surface area contributed by atoms with E-state index in [-0.39, 0.29) is 5.91 Å². The van der Waals surface area contributed by atoms with Gasteiger partial charge in [0.25, 0.3) is 5.91 Å². The minimum absolute atomic E-state index is 0.154. The second-order valence-electron chi connectivity index (χ2n) is 4.98. The number of rotatable bonds is 1. The molecule has 0 radical (unpaired) electrons. The number of amides is 1. The third kappa shape index (κ3) is 2.21. The number of para-hydroxylation sites is 1. The van der Waals surface area contributed by atoms with Crippen molar-refractivity contribution in [2.75, 3.05) is 4.90 Å². The molecule has 3 heteroatoms. The summed E-state index contributed by atoms with van der Waals surface area (Å²) >= 11 is 0. The van der Waals surface area contributed by atoms with E-state index in [9.17, 15) is 10.1 Å². The molecule has 21 heavy (non-hydrogen) atoms. The summed E-state index contributed by atoms with van der Waals surface area (Å²) in [6.07, 6.45) is 1.84. The number of carbonyl (C=O) groups is 1. The highest BCUT2D eigenvalue weighted by atomic mass is 16.2. The van der Waals surface area contributed by atoms with E-state index < -0.39 is 6.04 Å². The van der Waals surface area contributed by atoms with Gasteiger partial charge in [-0.1, -0.05) is 36.4 Å². The Morgan fingerprint density at radius 3 is 2.48 bits per heavy atom. The zero-order valence-corrected chi connectivity index (χ0v) is 11.7. The van der Waals surface area contributed by atoms with Gasteiger partial charge in [-0.15, -0.1) is 0 Å². The van der Waals surface area contributed by atoms with Crippen LogP contribution in [0.25, 0.3) is 5.57 Å². The van der Waals surface area contributed by atoms with Crippen LogP contribution in [0.5, 0.6) is 0 Å². The van der Waals surface area contributed by atoms with E-state index in [2.05, 4.69) is 6.07 Å². The van der Waals surface area contributed by atoms with Gasteiger partial charge in [-0.25, -0.2) is 0 Å². The first-order valence-electron chi connectivity index (χ1n) is 6.78. The lowest BCUT2D eigenvalue weighted by Crippen LogP contribution is -2.41. The molecule has 102 valence electrons. The average Bonchev–Trinajstić information content (AvgIpc) is 2.55. The van der Waals surface area contributed by atoms with Crippen molar-refractivity contribution in [2.45, 2.75) is 13.0 Å². The topological polar surface area (TPSA) is 44.1 Å². The molecule has 0 bridgehead atoms. The summed E-state index contributed by atoms with van der Waals surface area (Å²) in [4.78, 5) is 14.4. The number of nitrogens with zero attached hydrogens (tertiary/aromatic N) is 2. The minimum Gasteiger partial charge on any atom is -0.288 e. The van der Waals surface area contributed by atoms with E-state index in [0.29, 0.717) is 5.56 Å². The maximum absolute atomic E-state index is 12.8. The lowest BCUT2D eigenvalue weighted by molar-refractivity contribution is 0.0985. The largest absolute Gasteiger partial charge is 0.288 e. The molecule has 3 nitrogen and oxygen atoms in total. The van der Waals surface area contributed by atoms with Crippen LogP contribution in [0.1, 0.15) is 22.8 Å². The summed E-state index contributed by atoms with van der Waals surface area (Å²) in [6.45, 7) is 1.97. The molecule has 0 fully saturated rings. The van der Waals surface area contributed by atoms with Gasteiger partial charge in [0.2, 0.25) is 0 Å². The van der Waals surface area contributed by atoms with Gasteiger partial charge in [-0.3, -0.25) is 9.69 Å². The second-order valence-corrected chi connectivity index (χ2v) is 4.98. The molecule has 0 aliphatic carbocycles. The number of nitriles is 1. The summed E-state index contributed by atoms with van der Waals surface area (Å²) in [6, 6.07) is 18.4. The minimum atomic E-state index is -0.576. The van der Waals surface area contributed by atoms with Gasteiger partial charge in [-0.2, -0.15) is 5.26 Å². The van der Waals surface area contributed by atoms with E-state index in [1.54, 1.807) is 17.0 Å². The highest BCUT2D eigenvalue weighted by Gasteiger charge is 2.30. The SMILES string of the molecule is CC1=CC(C#N)N(C(=O)c2ccccc2)c2ccccc21. The molecule has 1 heterocycles. The molecular weight excluding hydrogens is 260 g/mol. The van der Waals surface area contributed by atoms with Crippen molar-refractivity contribution in [2.24, 2.45) is 0 Å². The van der Waals surface area contributed by atoms with Crippen molar-refractivity contribution in [3.05, 3.63) is 71.8 Å². The molecule has 0 saturated carbocycles. The summed E-state index contributed by atoms with van der Waals surface area (Å²) in [5, 5.41) is 9.41. The van der Waals surface area contributed by atoms with Crippen molar-refractivity contribution in [3.8, 4) is 6.07 Å². The normalized spacial score (nSPS) is 16.7. The van der Waals surface area contributed by atoms with Gasteiger partial charge >= 0.3 is 0 Å². The van der Waals surface area contributed by atoms with E-state index in [1.807, 2.05) is 55.5 Å². The fourth-order valence-electron chi connectivity index (χ4n) is 2.62. The third-order valence-corrected chi connectivity index (χ3v) is 3.65. The second kappa shape index (κ2) is 5.26. The quantitative estimate of drug-likeness (QED) is 0.796. The molecule has 1 unspecified atom stereocenters. The van der Waals surface area contributed by atoms with E-state index in [0.717, 1.165) is 16.8 Å². The van der Waals surface area contributed by atoms with E-state index >= 15 is 0 Å². The predicted octanol–water partition coefficient (Wildman–Crippen LogP) is 3.64. The first-order chi connectivity index (χ1) is 10.2. The molecule has 0 spiro atoms. The fraction of sp³-hybridized carbons (Fsp3) is 0.111. The van der Waals surface area contributed by atoms with Crippen molar-refractivity contribution < 1.29 is 4.79 Å². The van der Waals surface area contributed by atoms with Crippen LogP contribution in [-0.4, -0.2) is 11.9 Å². The molecule has 1 aliphatic rings. The van der Waals surface area contributed by atoms with Crippen LogP contribution in [0.15, 0.2) is 60.7 Å². The lowest BCUT2D eigenvalue weighted by Gasteiger charge is -2.32. The van der Waals surface area contributed by atoms with Gasteiger partial charge in [0.1, 0.15) is 6.04 Å². The third-order valence-electron chi connectivity index (χ3n) is 3.65. The Morgan fingerprint density at radius 1 is 1.10 bits per heavy atom. The molecule has 1 aliphatic heterocycles. The molecular formula is C18H14N2O. The van der Waals surface area contributed by atoms with E-state index in [4.69, 9.17) is 0 Å². The smallest absolute Gasteiger partial charge is 0.259 e. The first kappa shape index (κ1) is 13.1. The van der Waals surface area contributed by atoms with Gasteiger partial charge in [0, 0.05) is 11.1 Å². The number of benzene rings is 2. The molecule has 0 saturated heterocycles.